The summed E-state index contributed by atoms with van der Waals surface area (Å²) in [6.07, 6.45) is 0. The van der Waals surface area contributed by atoms with Gasteiger partial charge in [0.25, 0.3) is 0 Å². The number of rotatable bonds is 6. The van der Waals surface area contributed by atoms with Crippen LogP contribution in [0.3, 0.4) is 0 Å². The maximum atomic E-state index is 7.28. The third-order valence-electron chi connectivity index (χ3n) is 14.3. The van der Waals surface area contributed by atoms with Gasteiger partial charge >= 0.3 is 0 Å². The normalized spacial score (nSPS) is 14.0. The van der Waals surface area contributed by atoms with Gasteiger partial charge in [-0.25, -0.2) is 0 Å². The van der Waals surface area contributed by atoms with Gasteiger partial charge in [0.1, 0.15) is 11.5 Å². The molecule has 64 heavy (non-hydrogen) atoms. The van der Waals surface area contributed by atoms with Gasteiger partial charge in [0, 0.05) is 44.7 Å². The van der Waals surface area contributed by atoms with Gasteiger partial charge in [-0.1, -0.05) is 202 Å². The molecule has 9 aromatic carbocycles. The molecule has 0 amide bonds. The third kappa shape index (κ3) is 5.08. The van der Waals surface area contributed by atoms with Gasteiger partial charge < -0.3 is 9.32 Å². The predicted octanol–water partition coefficient (Wildman–Crippen LogP) is 16.4. The fraction of sp³-hybridized carbons (Fsp3) is 0.0645. The molecule has 3 aliphatic carbocycles. The molecule has 2 nitrogen and oxygen atoms in total. The first kappa shape index (κ1) is 36.7. The van der Waals surface area contributed by atoms with Crippen LogP contribution in [0.4, 0.5) is 17.1 Å². The number of furan rings is 1. The lowest BCUT2D eigenvalue weighted by atomic mass is 9.70. The van der Waals surface area contributed by atoms with Gasteiger partial charge in [-0.15, -0.1) is 0 Å². The van der Waals surface area contributed by atoms with E-state index in [0.717, 1.165) is 45.3 Å². The smallest absolute Gasteiger partial charge is 0.142 e. The van der Waals surface area contributed by atoms with Crippen LogP contribution in [-0.2, 0) is 10.8 Å². The third-order valence-corrected chi connectivity index (χ3v) is 14.3. The van der Waals surface area contributed by atoms with Gasteiger partial charge in [-0.3, -0.25) is 0 Å². The number of anilines is 3. The van der Waals surface area contributed by atoms with E-state index >= 15 is 0 Å². The van der Waals surface area contributed by atoms with Crippen LogP contribution in [0.25, 0.3) is 67.2 Å². The lowest BCUT2D eigenvalue weighted by Crippen LogP contribution is -2.26. The van der Waals surface area contributed by atoms with Crippen molar-refractivity contribution in [2.24, 2.45) is 0 Å². The highest BCUT2D eigenvalue weighted by molar-refractivity contribution is 6.03. The molecule has 0 fully saturated rings. The van der Waals surface area contributed by atoms with Gasteiger partial charge in [0.15, 0.2) is 0 Å². The molecule has 0 saturated heterocycles. The average molecular weight is 818 g/mol. The van der Waals surface area contributed by atoms with Crippen molar-refractivity contribution in [3.8, 4) is 67.2 Å². The monoisotopic (exact) mass is 817 g/mol. The lowest BCUT2D eigenvalue weighted by molar-refractivity contribution is 0.588. The highest BCUT2D eigenvalue weighted by Gasteiger charge is 2.55. The van der Waals surface area contributed by atoms with E-state index in [0.29, 0.717) is 0 Å². The van der Waals surface area contributed by atoms with Crippen molar-refractivity contribution in [1.29, 1.82) is 0 Å². The molecule has 13 rings (SSSR count). The Labute approximate surface area is 374 Å². The van der Waals surface area contributed by atoms with Crippen molar-refractivity contribution in [1.82, 2.24) is 0 Å². The van der Waals surface area contributed by atoms with Crippen LogP contribution in [0, 0.1) is 0 Å². The van der Waals surface area contributed by atoms with E-state index in [-0.39, 0.29) is 5.41 Å². The van der Waals surface area contributed by atoms with E-state index in [1.54, 1.807) is 0 Å². The minimum atomic E-state index is -0.653. The van der Waals surface area contributed by atoms with Crippen LogP contribution in [-0.4, -0.2) is 0 Å². The molecule has 0 saturated carbocycles. The highest BCUT2D eigenvalue weighted by atomic mass is 16.3. The molecule has 0 bridgehead atoms. The maximum absolute atomic E-state index is 7.28. The van der Waals surface area contributed by atoms with Crippen LogP contribution in [0.5, 0.6) is 0 Å². The van der Waals surface area contributed by atoms with E-state index in [9.17, 15) is 0 Å². The first-order chi connectivity index (χ1) is 31.5. The Morgan fingerprint density at radius 2 is 0.750 bits per heavy atom. The SMILES string of the molecule is CC1(C)c2ccccc2-c2ccc(N(c3ccc(-c4ccccc4)cc3)c3ccc4c(c3)C3(c5ccccc5-c5ccccc53)c3c(-c5ccccc5)oc(-c5ccccc5)c3-4)cc21. The van der Waals surface area contributed by atoms with Gasteiger partial charge in [-0.2, -0.15) is 0 Å². The summed E-state index contributed by atoms with van der Waals surface area (Å²) in [4.78, 5) is 2.47. The first-order valence-corrected chi connectivity index (χ1v) is 22.3. The standard InChI is InChI=1S/C62H43NO/c1-61(2)52-27-15-12-24-47(52)50-36-34-45(38-55(50)61)63(44-32-30-41(31-33-44)40-18-6-3-7-19-40)46-35-37-51-56(39-46)62(53-28-16-13-25-48(53)49-26-14-17-29-54(49)62)58-57(51)59(42-20-8-4-9-21-42)64-60(58)43-22-10-5-11-23-43/h3-39H,1-2H3. The Kier molecular flexibility index (Phi) is 7.90. The maximum Gasteiger partial charge on any atom is 0.142 e. The number of nitrogens with zero attached hydrogens (tertiary/aromatic N) is 1. The topological polar surface area (TPSA) is 16.4 Å². The molecular weight excluding hydrogens is 775 g/mol. The summed E-state index contributed by atoms with van der Waals surface area (Å²) in [7, 11) is 0. The molecule has 1 aromatic heterocycles. The van der Waals surface area contributed by atoms with Crippen molar-refractivity contribution in [3.63, 3.8) is 0 Å². The zero-order valence-electron chi connectivity index (χ0n) is 35.7. The molecule has 0 atom stereocenters. The predicted molar refractivity (Wildman–Crippen MR) is 264 cm³/mol. The Balaban J connectivity index is 1.10. The zero-order chi connectivity index (χ0) is 42.6. The van der Waals surface area contributed by atoms with E-state index < -0.39 is 5.41 Å². The Morgan fingerprint density at radius 3 is 1.34 bits per heavy atom. The molecule has 2 heteroatoms. The van der Waals surface area contributed by atoms with Crippen LogP contribution < -0.4 is 4.90 Å². The number of hydrogen-bond acceptors (Lipinski definition) is 2. The summed E-state index contributed by atoms with van der Waals surface area (Å²) in [5.41, 5.74) is 22.3. The van der Waals surface area contributed by atoms with E-state index in [2.05, 4.69) is 243 Å². The Morgan fingerprint density at radius 1 is 0.328 bits per heavy atom. The molecule has 0 N–H and O–H groups in total. The highest BCUT2D eigenvalue weighted by Crippen LogP contribution is 2.67. The molecular formula is C62H43NO. The summed E-state index contributed by atoms with van der Waals surface area (Å²) >= 11 is 0. The van der Waals surface area contributed by atoms with Crippen molar-refractivity contribution in [2.75, 3.05) is 4.90 Å². The number of fused-ring (bicyclic) bond motifs is 13. The van der Waals surface area contributed by atoms with Crippen LogP contribution >= 0.6 is 0 Å². The van der Waals surface area contributed by atoms with Crippen LogP contribution in [0.15, 0.2) is 229 Å². The van der Waals surface area contributed by atoms with Crippen molar-refractivity contribution in [3.05, 3.63) is 258 Å². The van der Waals surface area contributed by atoms with Crippen molar-refractivity contribution < 1.29 is 4.42 Å². The summed E-state index contributed by atoms with van der Waals surface area (Å²) in [6.45, 7) is 4.73. The van der Waals surface area contributed by atoms with Crippen LogP contribution in [0.2, 0.25) is 0 Å². The van der Waals surface area contributed by atoms with Crippen molar-refractivity contribution >= 4 is 17.1 Å². The van der Waals surface area contributed by atoms with Crippen LogP contribution in [0.1, 0.15) is 47.2 Å². The fourth-order valence-corrected chi connectivity index (χ4v) is 11.5. The molecule has 1 spiro atoms. The van der Waals surface area contributed by atoms with Gasteiger partial charge in [-0.05, 0) is 103 Å². The molecule has 0 unspecified atom stereocenters. The summed E-state index contributed by atoms with van der Waals surface area (Å²) in [5.74, 6) is 1.81. The van der Waals surface area contributed by atoms with Crippen molar-refractivity contribution in [2.45, 2.75) is 24.7 Å². The lowest BCUT2D eigenvalue weighted by Gasteiger charge is -2.32. The van der Waals surface area contributed by atoms with E-state index in [4.69, 9.17) is 4.42 Å². The van der Waals surface area contributed by atoms with Gasteiger partial charge in [0.05, 0.1) is 5.41 Å². The summed E-state index contributed by atoms with van der Waals surface area (Å²) in [5, 5.41) is 0. The number of benzene rings is 9. The Hall–Kier alpha value is -7.94. The van der Waals surface area contributed by atoms with Gasteiger partial charge in [0.2, 0.25) is 0 Å². The molecule has 3 aliphatic rings. The molecule has 0 radical (unpaired) electrons. The molecule has 10 aromatic rings. The fourth-order valence-electron chi connectivity index (χ4n) is 11.5. The molecule has 302 valence electrons. The second-order valence-corrected chi connectivity index (χ2v) is 18.0. The van der Waals surface area contributed by atoms with E-state index in [1.165, 1.54) is 72.3 Å². The Bertz CT molecular complexity index is 3400. The molecule has 1 heterocycles. The second-order valence-electron chi connectivity index (χ2n) is 18.0. The minimum absolute atomic E-state index is 0.151. The zero-order valence-corrected chi connectivity index (χ0v) is 35.7. The molecule has 0 aliphatic heterocycles. The second kappa shape index (κ2) is 13.8. The first-order valence-electron chi connectivity index (χ1n) is 22.3. The average Bonchev–Trinajstić information content (AvgIpc) is 4.05. The van der Waals surface area contributed by atoms with E-state index in [1.807, 2.05) is 0 Å². The largest absolute Gasteiger partial charge is 0.455 e. The minimum Gasteiger partial charge on any atom is -0.455 e. The quantitative estimate of drug-likeness (QED) is 0.166. The summed E-state index contributed by atoms with van der Waals surface area (Å²) in [6, 6.07) is 82.4. The number of hydrogen-bond donors (Lipinski definition) is 0. The summed E-state index contributed by atoms with van der Waals surface area (Å²) < 4.78 is 7.28.